The van der Waals surface area contributed by atoms with Gasteiger partial charge in [-0.15, -0.1) is 0 Å². The summed E-state index contributed by atoms with van der Waals surface area (Å²) in [7, 11) is -3.29. The van der Waals surface area contributed by atoms with E-state index < -0.39 is 16.1 Å². The van der Waals surface area contributed by atoms with Gasteiger partial charge in [0.1, 0.15) is 0 Å². The van der Waals surface area contributed by atoms with Crippen molar-refractivity contribution in [1.82, 2.24) is 0 Å². The predicted molar refractivity (Wildman–Crippen MR) is 116 cm³/mol. The Hall–Kier alpha value is -3.07. The van der Waals surface area contributed by atoms with Crippen LogP contribution in [-0.4, -0.2) is 50.4 Å². The van der Waals surface area contributed by atoms with Crippen LogP contribution in [0.4, 0.5) is 21.9 Å². The van der Waals surface area contributed by atoms with Gasteiger partial charge in [0.05, 0.1) is 28.9 Å². The first-order chi connectivity index (χ1) is 14.2. The molecule has 0 radical (unpaired) electrons. The minimum Gasteiger partial charge on any atom is -0.465 e. The second kappa shape index (κ2) is 7.32. The first-order valence-electron chi connectivity index (χ1n) is 9.74. The molecule has 4 rings (SSSR count). The fraction of sp³-hybridized carbons (Fsp3) is 0.333. The van der Waals surface area contributed by atoms with E-state index in [0.29, 0.717) is 30.0 Å². The molecule has 1 fully saturated rings. The van der Waals surface area contributed by atoms with Crippen molar-refractivity contribution in [3.05, 3.63) is 42.5 Å². The van der Waals surface area contributed by atoms with E-state index in [-0.39, 0.29) is 24.2 Å². The quantitative estimate of drug-likeness (QED) is 0.791. The third kappa shape index (κ3) is 3.39. The van der Waals surface area contributed by atoms with Gasteiger partial charge in [-0.3, -0.25) is 14.0 Å². The number of nitrogens with zero attached hydrogens (tertiary/aromatic N) is 3. The lowest BCUT2D eigenvalue weighted by atomic mass is 10.0. The molecular weight excluding hydrogens is 406 g/mol. The lowest BCUT2D eigenvalue weighted by Crippen LogP contribution is -2.51. The summed E-state index contributed by atoms with van der Waals surface area (Å²) in [6.45, 7) is 3.91. The van der Waals surface area contributed by atoms with Gasteiger partial charge in [0.15, 0.2) is 0 Å². The van der Waals surface area contributed by atoms with Gasteiger partial charge in [0, 0.05) is 20.0 Å². The van der Waals surface area contributed by atoms with E-state index in [1.807, 2.05) is 19.1 Å². The Balaban J connectivity index is 1.79. The second-order valence-corrected chi connectivity index (χ2v) is 9.64. The summed E-state index contributed by atoms with van der Waals surface area (Å²) in [5.74, 6) is -0.00863. The summed E-state index contributed by atoms with van der Waals surface area (Å²) in [5.41, 5.74) is 3.10. The lowest BCUT2D eigenvalue weighted by Gasteiger charge is -2.39. The normalized spacial score (nSPS) is 20.2. The number of carbonyl (C=O) groups excluding carboxylic acids is 1. The first kappa shape index (κ1) is 20.2. The summed E-state index contributed by atoms with van der Waals surface area (Å²) >= 11 is 0. The molecule has 1 N–H and O–H groups in total. The zero-order chi connectivity index (χ0) is 21.6. The molecule has 1 saturated heterocycles. The van der Waals surface area contributed by atoms with E-state index >= 15 is 0 Å². The number of rotatable bonds is 2. The molecule has 2 aromatic carbocycles. The van der Waals surface area contributed by atoms with Crippen LogP contribution in [0, 0.1) is 0 Å². The largest absolute Gasteiger partial charge is 0.465 e. The van der Waals surface area contributed by atoms with Crippen LogP contribution >= 0.6 is 0 Å². The van der Waals surface area contributed by atoms with E-state index in [1.54, 1.807) is 35.2 Å². The molecule has 0 aliphatic carbocycles. The number of benzene rings is 2. The third-order valence-corrected chi connectivity index (χ3v) is 7.42. The minimum absolute atomic E-state index is 0.142. The highest BCUT2D eigenvalue weighted by atomic mass is 32.2. The molecule has 2 heterocycles. The van der Waals surface area contributed by atoms with Crippen molar-refractivity contribution in [2.45, 2.75) is 26.3 Å². The fourth-order valence-electron chi connectivity index (χ4n) is 4.24. The Labute approximate surface area is 175 Å². The van der Waals surface area contributed by atoms with Crippen LogP contribution in [0.3, 0.4) is 0 Å². The lowest BCUT2D eigenvalue weighted by molar-refractivity contribution is -0.117. The highest BCUT2D eigenvalue weighted by Gasteiger charge is 2.34. The van der Waals surface area contributed by atoms with Crippen LogP contribution < -0.4 is 14.1 Å². The van der Waals surface area contributed by atoms with Gasteiger partial charge in [0.2, 0.25) is 15.9 Å². The first-order valence-corrected chi connectivity index (χ1v) is 11.3. The van der Waals surface area contributed by atoms with Crippen molar-refractivity contribution >= 4 is 39.1 Å². The summed E-state index contributed by atoms with van der Waals surface area (Å²) in [4.78, 5) is 26.8. The van der Waals surface area contributed by atoms with E-state index in [1.165, 1.54) is 16.1 Å². The number of carbonyl (C=O) groups is 2. The number of anilines is 3. The molecule has 158 valence electrons. The van der Waals surface area contributed by atoms with Crippen LogP contribution in [0.25, 0.3) is 11.1 Å². The number of hydrogen-bond donors (Lipinski definition) is 1. The molecule has 2 aliphatic heterocycles. The second-order valence-electron chi connectivity index (χ2n) is 7.63. The number of hydrogen-bond acceptors (Lipinski definition) is 4. The van der Waals surface area contributed by atoms with Gasteiger partial charge < -0.3 is 10.0 Å². The average molecular weight is 429 g/mol. The van der Waals surface area contributed by atoms with Crippen molar-refractivity contribution in [3.8, 4) is 11.1 Å². The summed E-state index contributed by atoms with van der Waals surface area (Å²) < 4.78 is 25.9. The molecule has 0 spiro atoms. The van der Waals surface area contributed by atoms with Crippen LogP contribution in [0.15, 0.2) is 42.5 Å². The number of amides is 2. The minimum atomic E-state index is -3.29. The van der Waals surface area contributed by atoms with E-state index in [4.69, 9.17) is 0 Å². The van der Waals surface area contributed by atoms with Crippen LogP contribution in [-0.2, 0) is 14.8 Å². The molecule has 30 heavy (non-hydrogen) atoms. The zero-order valence-electron chi connectivity index (χ0n) is 16.8. The Morgan fingerprint density at radius 1 is 1.07 bits per heavy atom. The van der Waals surface area contributed by atoms with E-state index in [0.717, 1.165) is 11.1 Å². The van der Waals surface area contributed by atoms with Gasteiger partial charge in [-0.25, -0.2) is 13.2 Å². The topological polar surface area (TPSA) is 98.2 Å². The highest BCUT2D eigenvalue weighted by molar-refractivity contribution is 7.93. The average Bonchev–Trinajstić information content (AvgIpc) is 3.05. The molecule has 0 aromatic heterocycles. The SMILES string of the molecule is CC(=O)N1c2ccc(-c3cccc(N4CCCS4(=O)=O)c3)cc2N(C(=O)O)C[C@@H]1C. The maximum Gasteiger partial charge on any atom is 0.411 e. The number of fused-ring (bicyclic) bond motifs is 1. The smallest absolute Gasteiger partial charge is 0.411 e. The van der Waals surface area contributed by atoms with Gasteiger partial charge >= 0.3 is 6.09 Å². The molecule has 2 amide bonds. The van der Waals surface area contributed by atoms with Crippen LogP contribution in [0.2, 0.25) is 0 Å². The van der Waals surface area contributed by atoms with Crippen molar-refractivity contribution in [2.24, 2.45) is 0 Å². The summed E-state index contributed by atoms with van der Waals surface area (Å²) in [6, 6.07) is 12.2. The maximum absolute atomic E-state index is 12.3. The van der Waals surface area contributed by atoms with Gasteiger partial charge in [-0.1, -0.05) is 18.2 Å². The maximum atomic E-state index is 12.3. The van der Waals surface area contributed by atoms with Crippen molar-refractivity contribution in [1.29, 1.82) is 0 Å². The third-order valence-electron chi connectivity index (χ3n) is 5.55. The molecule has 9 heteroatoms. The standard InChI is InChI=1S/C21H23N3O5S/c1-14-13-22(21(26)27)20-12-17(7-8-19(20)24(14)15(2)25)16-5-3-6-18(11-16)23-9-4-10-30(23,28)29/h3,5-8,11-12,14H,4,9-10,13H2,1-2H3,(H,26,27)/t14-/m0/s1. The zero-order valence-corrected chi connectivity index (χ0v) is 17.6. The molecule has 1 atom stereocenters. The van der Waals surface area contributed by atoms with Crippen molar-refractivity contribution < 1.29 is 23.1 Å². The Morgan fingerprint density at radius 2 is 1.80 bits per heavy atom. The summed E-state index contributed by atoms with van der Waals surface area (Å²) in [6.07, 6.45) is -0.488. The molecule has 2 aliphatic rings. The van der Waals surface area contributed by atoms with Gasteiger partial charge in [0.25, 0.3) is 0 Å². The summed E-state index contributed by atoms with van der Waals surface area (Å²) in [5, 5.41) is 9.68. The predicted octanol–water partition coefficient (Wildman–Crippen LogP) is 3.13. The Bertz CT molecular complexity index is 1130. The number of carboxylic acid groups (broad SMARTS) is 1. The molecular formula is C21H23N3O5S. The van der Waals surface area contributed by atoms with Crippen molar-refractivity contribution in [2.75, 3.05) is 32.9 Å². The molecule has 0 unspecified atom stereocenters. The van der Waals surface area contributed by atoms with Crippen molar-refractivity contribution in [3.63, 3.8) is 0 Å². The van der Waals surface area contributed by atoms with E-state index in [9.17, 15) is 23.1 Å². The monoisotopic (exact) mass is 429 g/mol. The molecule has 0 saturated carbocycles. The molecule has 2 aromatic rings. The Kier molecular flexibility index (Phi) is 4.93. The number of sulfonamides is 1. The molecule has 0 bridgehead atoms. The molecule has 8 nitrogen and oxygen atoms in total. The van der Waals surface area contributed by atoms with Crippen LogP contribution in [0.5, 0.6) is 0 Å². The highest BCUT2D eigenvalue weighted by Crippen LogP contribution is 2.39. The van der Waals surface area contributed by atoms with Crippen LogP contribution in [0.1, 0.15) is 20.3 Å². The fourth-order valence-corrected chi connectivity index (χ4v) is 5.79. The van der Waals surface area contributed by atoms with Gasteiger partial charge in [-0.2, -0.15) is 0 Å². The Morgan fingerprint density at radius 3 is 2.43 bits per heavy atom. The van der Waals surface area contributed by atoms with Gasteiger partial charge in [-0.05, 0) is 48.7 Å². The van der Waals surface area contributed by atoms with E-state index in [2.05, 4.69) is 0 Å².